The number of carboxylic acid groups (broad SMARTS) is 1. The van der Waals surface area contributed by atoms with E-state index in [0.717, 1.165) is 11.1 Å². The maximum atomic E-state index is 12.5. The monoisotopic (exact) mass is 289 g/mol. The Labute approximate surface area is 125 Å². The zero-order valence-electron chi connectivity index (χ0n) is 12.9. The van der Waals surface area contributed by atoms with Gasteiger partial charge in [-0.3, -0.25) is 4.79 Å². The first-order chi connectivity index (χ1) is 9.90. The van der Waals surface area contributed by atoms with Crippen LogP contribution in [0.4, 0.5) is 0 Å². The highest BCUT2D eigenvalue weighted by molar-refractivity contribution is 5.84. The smallest absolute Gasteiger partial charge is 0.326 e. The van der Waals surface area contributed by atoms with Gasteiger partial charge in [-0.15, -0.1) is 0 Å². The zero-order chi connectivity index (χ0) is 15.6. The Kier molecular flexibility index (Phi) is 4.66. The first kappa shape index (κ1) is 15.5. The van der Waals surface area contributed by atoms with Gasteiger partial charge < -0.3 is 10.0 Å². The molecule has 0 fully saturated rings. The van der Waals surface area contributed by atoms with Crippen molar-refractivity contribution in [2.24, 2.45) is 11.8 Å². The normalized spacial score (nSPS) is 19.2. The summed E-state index contributed by atoms with van der Waals surface area (Å²) in [4.78, 5) is 25.5. The number of nitrogens with zero attached hydrogens (tertiary/aromatic N) is 1. The van der Waals surface area contributed by atoms with Crippen LogP contribution in [0.5, 0.6) is 0 Å². The second kappa shape index (κ2) is 6.29. The Balaban J connectivity index is 2.20. The Morgan fingerprint density at radius 3 is 2.43 bits per heavy atom. The predicted molar refractivity (Wildman–Crippen MR) is 80.7 cm³/mol. The molecule has 2 atom stereocenters. The molecule has 0 bridgehead atoms. The third kappa shape index (κ3) is 3.43. The van der Waals surface area contributed by atoms with E-state index in [1.807, 2.05) is 31.2 Å². The van der Waals surface area contributed by atoms with Crippen molar-refractivity contribution in [1.82, 2.24) is 4.90 Å². The Bertz CT molecular complexity index is 539. The topological polar surface area (TPSA) is 57.6 Å². The second-order valence-electron chi connectivity index (χ2n) is 6.27. The number of benzene rings is 1. The lowest BCUT2D eigenvalue weighted by Crippen LogP contribution is -2.49. The van der Waals surface area contributed by atoms with E-state index in [1.54, 1.807) is 0 Å². The van der Waals surface area contributed by atoms with E-state index in [0.29, 0.717) is 25.3 Å². The first-order valence-electron chi connectivity index (χ1n) is 7.49. The van der Waals surface area contributed by atoms with Crippen molar-refractivity contribution in [2.75, 3.05) is 0 Å². The Morgan fingerprint density at radius 1 is 1.24 bits per heavy atom. The summed E-state index contributed by atoms with van der Waals surface area (Å²) in [5.74, 6) is -0.313. The highest BCUT2D eigenvalue weighted by Gasteiger charge is 2.34. The van der Waals surface area contributed by atoms with Crippen LogP contribution in [0.25, 0.3) is 0 Å². The molecule has 1 aromatic rings. The van der Waals surface area contributed by atoms with Crippen LogP contribution >= 0.6 is 0 Å². The first-order valence-corrected chi connectivity index (χ1v) is 7.49. The van der Waals surface area contributed by atoms with Crippen LogP contribution in [0.1, 0.15) is 38.3 Å². The van der Waals surface area contributed by atoms with Crippen LogP contribution in [0.3, 0.4) is 0 Å². The third-order valence-electron chi connectivity index (χ3n) is 4.49. The predicted octanol–water partition coefficient (Wildman–Crippen LogP) is 2.71. The number of carboxylic acids is 1. The van der Waals surface area contributed by atoms with E-state index in [2.05, 4.69) is 13.8 Å². The van der Waals surface area contributed by atoms with Crippen LogP contribution in [-0.4, -0.2) is 27.9 Å². The number of carbonyl (C=O) groups excluding carboxylic acids is 1. The highest BCUT2D eigenvalue weighted by atomic mass is 16.4. The fraction of sp³-hybridized carbons (Fsp3) is 0.529. The summed E-state index contributed by atoms with van der Waals surface area (Å²) in [6.07, 6.45) is 0.802. The molecular weight excluding hydrogens is 266 g/mol. The molecule has 4 heteroatoms. The van der Waals surface area contributed by atoms with Crippen molar-refractivity contribution < 1.29 is 14.7 Å². The summed E-state index contributed by atoms with van der Waals surface area (Å²) in [6.45, 7) is 6.60. The lowest BCUT2D eigenvalue weighted by molar-refractivity contribution is -0.151. The van der Waals surface area contributed by atoms with Crippen molar-refractivity contribution >= 4 is 11.9 Å². The fourth-order valence-electron chi connectivity index (χ4n) is 2.63. The maximum absolute atomic E-state index is 12.5. The standard InChI is InChI=1S/C17H23NO3/c1-11(2)12(3)8-16(19)18-10-14-7-5-4-6-13(14)9-15(18)17(20)21/h4-7,11-12,15H,8-10H2,1-3H3,(H,20,21). The van der Waals surface area contributed by atoms with Gasteiger partial charge in [0.1, 0.15) is 6.04 Å². The summed E-state index contributed by atoms with van der Waals surface area (Å²) in [7, 11) is 0. The molecular formula is C17H23NO3. The molecule has 4 nitrogen and oxygen atoms in total. The van der Waals surface area contributed by atoms with Gasteiger partial charge in [0.05, 0.1) is 0 Å². The van der Waals surface area contributed by atoms with E-state index in [-0.39, 0.29) is 11.8 Å². The molecule has 0 radical (unpaired) electrons. The summed E-state index contributed by atoms with van der Waals surface area (Å²) in [5, 5.41) is 9.43. The molecule has 2 unspecified atom stereocenters. The van der Waals surface area contributed by atoms with E-state index < -0.39 is 12.0 Å². The molecule has 1 N–H and O–H groups in total. The molecule has 1 amide bonds. The van der Waals surface area contributed by atoms with Crippen LogP contribution in [0.2, 0.25) is 0 Å². The van der Waals surface area contributed by atoms with Gasteiger partial charge in [0, 0.05) is 19.4 Å². The Morgan fingerprint density at radius 2 is 1.86 bits per heavy atom. The van der Waals surface area contributed by atoms with Gasteiger partial charge in [0.2, 0.25) is 5.91 Å². The number of carbonyl (C=O) groups is 2. The molecule has 1 aliphatic rings. The minimum atomic E-state index is -0.921. The van der Waals surface area contributed by atoms with E-state index >= 15 is 0 Å². The molecule has 1 aliphatic heterocycles. The summed E-state index contributed by atoms with van der Waals surface area (Å²) < 4.78 is 0. The molecule has 0 aromatic heterocycles. The number of hydrogen-bond donors (Lipinski definition) is 1. The van der Waals surface area contributed by atoms with Gasteiger partial charge in [0.25, 0.3) is 0 Å². The van der Waals surface area contributed by atoms with Gasteiger partial charge in [-0.1, -0.05) is 45.0 Å². The number of aliphatic carboxylic acids is 1. The largest absolute Gasteiger partial charge is 0.480 e. The number of amides is 1. The SMILES string of the molecule is CC(C)C(C)CC(=O)N1Cc2ccccc2CC1C(=O)O. The van der Waals surface area contributed by atoms with Gasteiger partial charge >= 0.3 is 5.97 Å². The lowest BCUT2D eigenvalue weighted by Gasteiger charge is -2.35. The minimum absolute atomic E-state index is 0.0573. The van der Waals surface area contributed by atoms with Gasteiger partial charge in [-0.05, 0) is 23.0 Å². The van der Waals surface area contributed by atoms with Crippen molar-refractivity contribution in [2.45, 2.75) is 46.2 Å². The minimum Gasteiger partial charge on any atom is -0.480 e. The quantitative estimate of drug-likeness (QED) is 0.927. The summed E-state index contributed by atoms with van der Waals surface area (Å²) in [5.41, 5.74) is 2.09. The van der Waals surface area contributed by atoms with Gasteiger partial charge in [-0.2, -0.15) is 0 Å². The van der Waals surface area contributed by atoms with Gasteiger partial charge in [-0.25, -0.2) is 4.79 Å². The maximum Gasteiger partial charge on any atom is 0.326 e. The second-order valence-corrected chi connectivity index (χ2v) is 6.27. The number of hydrogen-bond acceptors (Lipinski definition) is 2. The van der Waals surface area contributed by atoms with Crippen molar-refractivity contribution in [3.05, 3.63) is 35.4 Å². The average molecular weight is 289 g/mol. The number of rotatable bonds is 4. The van der Waals surface area contributed by atoms with Crippen LogP contribution in [-0.2, 0) is 22.6 Å². The van der Waals surface area contributed by atoms with Crippen molar-refractivity contribution in [1.29, 1.82) is 0 Å². The molecule has 0 aliphatic carbocycles. The summed E-state index contributed by atoms with van der Waals surface area (Å²) >= 11 is 0. The molecule has 2 rings (SSSR count). The molecule has 0 saturated heterocycles. The van der Waals surface area contributed by atoms with Crippen LogP contribution in [0.15, 0.2) is 24.3 Å². The lowest BCUT2D eigenvalue weighted by atomic mass is 9.91. The van der Waals surface area contributed by atoms with E-state index in [9.17, 15) is 14.7 Å². The Hall–Kier alpha value is -1.84. The molecule has 1 aromatic carbocycles. The fourth-order valence-corrected chi connectivity index (χ4v) is 2.63. The molecule has 21 heavy (non-hydrogen) atoms. The van der Waals surface area contributed by atoms with E-state index in [4.69, 9.17) is 0 Å². The highest BCUT2D eigenvalue weighted by Crippen LogP contribution is 2.26. The van der Waals surface area contributed by atoms with Crippen molar-refractivity contribution in [3.8, 4) is 0 Å². The van der Waals surface area contributed by atoms with Crippen molar-refractivity contribution in [3.63, 3.8) is 0 Å². The van der Waals surface area contributed by atoms with Crippen LogP contribution in [0, 0.1) is 11.8 Å². The van der Waals surface area contributed by atoms with Gasteiger partial charge in [0.15, 0.2) is 0 Å². The third-order valence-corrected chi connectivity index (χ3v) is 4.49. The summed E-state index contributed by atoms with van der Waals surface area (Å²) in [6, 6.07) is 7.02. The number of fused-ring (bicyclic) bond motifs is 1. The molecule has 0 spiro atoms. The average Bonchev–Trinajstić information content (AvgIpc) is 2.45. The van der Waals surface area contributed by atoms with E-state index in [1.165, 1.54) is 4.90 Å². The zero-order valence-corrected chi connectivity index (χ0v) is 12.9. The molecule has 0 saturated carbocycles. The molecule has 114 valence electrons. The molecule has 1 heterocycles. The van der Waals surface area contributed by atoms with Crippen LogP contribution < -0.4 is 0 Å².